The van der Waals surface area contributed by atoms with Gasteiger partial charge in [-0.1, -0.05) is 11.8 Å². The Morgan fingerprint density at radius 2 is 2.05 bits per heavy atom. The van der Waals surface area contributed by atoms with Crippen LogP contribution in [0.15, 0.2) is 28.7 Å². The van der Waals surface area contributed by atoms with Gasteiger partial charge in [-0.3, -0.25) is 4.79 Å². The molecule has 0 radical (unpaired) electrons. The molecule has 0 fully saturated rings. The van der Waals surface area contributed by atoms with Crippen LogP contribution < -0.4 is 11.1 Å². The van der Waals surface area contributed by atoms with E-state index in [0.717, 1.165) is 5.56 Å². The number of hydrogen-bond acceptors (Lipinski definition) is 4. The van der Waals surface area contributed by atoms with Crippen molar-refractivity contribution in [2.75, 3.05) is 11.9 Å². The fourth-order valence-corrected chi connectivity index (χ4v) is 1.72. The number of nitrogens with zero attached hydrogens (tertiary/aromatic N) is 1. The number of hydrogen-bond donors (Lipinski definition) is 2. The summed E-state index contributed by atoms with van der Waals surface area (Å²) in [5.74, 6) is 6.07. The lowest BCUT2D eigenvalue weighted by Crippen LogP contribution is -2.12. The second-order valence-electron chi connectivity index (χ2n) is 4.18. The van der Waals surface area contributed by atoms with Crippen molar-refractivity contribution in [2.45, 2.75) is 13.8 Å². The van der Waals surface area contributed by atoms with Gasteiger partial charge in [-0.25, -0.2) is 4.98 Å². The molecule has 0 aliphatic rings. The van der Waals surface area contributed by atoms with E-state index in [-0.39, 0.29) is 11.7 Å². The van der Waals surface area contributed by atoms with Gasteiger partial charge in [0.25, 0.3) is 5.91 Å². The number of aromatic nitrogens is 1. The van der Waals surface area contributed by atoms with Crippen LogP contribution in [0.5, 0.6) is 0 Å². The van der Waals surface area contributed by atoms with Crippen LogP contribution in [0.1, 0.15) is 27.7 Å². The van der Waals surface area contributed by atoms with Crippen LogP contribution >= 0.6 is 0 Å². The first kappa shape index (κ1) is 13.8. The van der Waals surface area contributed by atoms with Crippen molar-refractivity contribution in [3.63, 3.8) is 0 Å². The third kappa shape index (κ3) is 3.25. The number of aryl methyl sites for hydroxylation is 2. The summed E-state index contributed by atoms with van der Waals surface area (Å²) in [5, 5.41) is 2.75. The lowest BCUT2D eigenvalue weighted by molar-refractivity contribution is 0.0994. The first-order chi connectivity index (χ1) is 9.60. The van der Waals surface area contributed by atoms with Gasteiger partial charge in [-0.15, -0.1) is 0 Å². The molecule has 1 heterocycles. The van der Waals surface area contributed by atoms with Crippen LogP contribution in [0.2, 0.25) is 0 Å². The normalized spacial score (nSPS) is 9.75. The van der Waals surface area contributed by atoms with Crippen LogP contribution in [0.4, 0.5) is 5.69 Å². The molecule has 0 spiro atoms. The highest BCUT2D eigenvalue weighted by Gasteiger charge is 2.15. The maximum atomic E-state index is 12.0. The van der Waals surface area contributed by atoms with Crippen LogP contribution in [0.3, 0.4) is 0 Å². The molecule has 5 heteroatoms. The first-order valence-corrected chi connectivity index (χ1v) is 6.14. The summed E-state index contributed by atoms with van der Waals surface area (Å²) in [6.45, 7) is 3.76. The van der Waals surface area contributed by atoms with E-state index < -0.39 is 0 Å². The molecule has 2 aromatic rings. The van der Waals surface area contributed by atoms with E-state index in [2.05, 4.69) is 22.1 Å². The summed E-state index contributed by atoms with van der Waals surface area (Å²) in [7, 11) is 0. The van der Waals surface area contributed by atoms with E-state index in [0.29, 0.717) is 23.8 Å². The van der Waals surface area contributed by atoms with Crippen molar-refractivity contribution in [3.05, 3.63) is 47.2 Å². The zero-order valence-corrected chi connectivity index (χ0v) is 11.4. The van der Waals surface area contributed by atoms with E-state index in [1.807, 2.05) is 12.1 Å². The predicted octanol–water partition coefficient (Wildman–Crippen LogP) is 1.85. The molecule has 1 aromatic heterocycles. The quantitative estimate of drug-likeness (QED) is 0.815. The van der Waals surface area contributed by atoms with Gasteiger partial charge in [0.05, 0.1) is 12.2 Å². The van der Waals surface area contributed by atoms with Crippen molar-refractivity contribution in [2.24, 2.45) is 5.73 Å². The Balaban J connectivity index is 2.10. The maximum absolute atomic E-state index is 12.0. The van der Waals surface area contributed by atoms with Crippen molar-refractivity contribution < 1.29 is 9.21 Å². The van der Waals surface area contributed by atoms with E-state index in [4.69, 9.17) is 10.2 Å². The van der Waals surface area contributed by atoms with Crippen molar-refractivity contribution in [3.8, 4) is 11.8 Å². The molecule has 0 bridgehead atoms. The highest BCUT2D eigenvalue weighted by Crippen LogP contribution is 2.14. The Kier molecular flexibility index (Phi) is 4.18. The Labute approximate surface area is 117 Å². The minimum absolute atomic E-state index is 0.231. The maximum Gasteiger partial charge on any atom is 0.293 e. The fourth-order valence-electron chi connectivity index (χ4n) is 1.72. The Bertz CT molecular complexity index is 675. The SMILES string of the molecule is Cc1nc(C)c(C(=O)Nc2ccc(C#CCN)cc2)o1. The van der Waals surface area contributed by atoms with E-state index >= 15 is 0 Å². The average Bonchev–Trinajstić information content (AvgIpc) is 2.77. The third-order valence-electron chi connectivity index (χ3n) is 2.59. The molecular formula is C15H15N3O2. The number of amides is 1. The molecular weight excluding hydrogens is 254 g/mol. The number of carbonyl (C=O) groups excluding carboxylic acids is 1. The van der Waals surface area contributed by atoms with E-state index in [9.17, 15) is 4.79 Å². The average molecular weight is 269 g/mol. The summed E-state index contributed by atoms with van der Waals surface area (Å²) in [5.41, 5.74) is 7.40. The summed E-state index contributed by atoms with van der Waals surface area (Å²) in [4.78, 5) is 16.1. The van der Waals surface area contributed by atoms with Gasteiger partial charge >= 0.3 is 0 Å². The standard InChI is InChI=1S/C15H15N3O2/c1-10-14(20-11(2)17-10)15(19)18-13-7-5-12(6-8-13)4-3-9-16/h5-8H,9,16H2,1-2H3,(H,18,19). The monoisotopic (exact) mass is 269 g/mol. The summed E-state index contributed by atoms with van der Waals surface area (Å²) in [6, 6.07) is 7.18. The fraction of sp³-hybridized carbons (Fsp3) is 0.200. The number of oxazole rings is 1. The molecule has 2 rings (SSSR count). The van der Waals surface area contributed by atoms with Gasteiger partial charge in [0.15, 0.2) is 5.89 Å². The highest BCUT2D eigenvalue weighted by atomic mass is 16.4. The lowest BCUT2D eigenvalue weighted by atomic mass is 10.2. The molecule has 0 saturated carbocycles. The van der Waals surface area contributed by atoms with Crippen molar-refractivity contribution in [1.29, 1.82) is 0 Å². The molecule has 0 atom stereocenters. The van der Waals surface area contributed by atoms with Gasteiger partial charge in [-0.2, -0.15) is 0 Å². The minimum atomic E-state index is -0.316. The van der Waals surface area contributed by atoms with Gasteiger partial charge in [0.1, 0.15) is 0 Å². The lowest BCUT2D eigenvalue weighted by Gasteiger charge is -2.03. The van der Waals surface area contributed by atoms with Crippen LogP contribution in [0, 0.1) is 25.7 Å². The molecule has 5 nitrogen and oxygen atoms in total. The first-order valence-electron chi connectivity index (χ1n) is 6.14. The summed E-state index contributed by atoms with van der Waals surface area (Å²) in [6.07, 6.45) is 0. The van der Waals surface area contributed by atoms with Gasteiger partial charge < -0.3 is 15.5 Å². The molecule has 0 aliphatic carbocycles. The number of nitrogens with two attached hydrogens (primary N) is 1. The van der Waals surface area contributed by atoms with Crippen molar-refractivity contribution in [1.82, 2.24) is 4.98 Å². The minimum Gasteiger partial charge on any atom is -0.436 e. The Morgan fingerprint density at radius 3 is 2.60 bits per heavy atom. The summed E-state index contributed by atoms with van der Waals surface area (Å²) < 4.78 is 5.27. The molecule has 0 unspecified atom stereocenters. The largest absolute Gasteiger partial charge is 0.436 e. The number of anilines is 1. The molecule has 102 valence electrons. The zero-order valence-electron chi connectivity index (χ0n) is 11.4. The molecule has 1 amide bonds. The van der Waals surface area contributed by atoms with Crippen LogP contribution in [-0.4, -0.2) is 17.4 Å². The van der Waals surface area contributed by atoms with E-state index in [1.54, 1.807) is 26.0 Å². The van der Waals surface area contributed by atoms with Crippen LogP contribution in [-0.2, 0) is 0 Å². The zero-order chi connectivity index (χ0) is 14.5. The highest BCUT2D eigenvalue weighted by molar-refractivity contribution is 6.02. The van der Waals surface area contributed by atoms with E-state index in [1.165, 1.54) is 0 Å². The van der Waals surface area contributed by atoms with Gasteiger partial charge in [0.2, 0.25) is 5.76 Å². The summed E-state index contributed by atoms with van der Waals surface area (Å²) >= 11 is 0. The number of benzene rings is 1. The number of rotatable bonds is 2. The number of carbonyl (C=O) groups is 1. The second-order valence-corrected chi connectivity index (χ2v) is 4.18. The predicted molar refractivity (Wildman–Crippen MR) is 76.3 cm³/mol. The van der Waals surface area contributed by atoms with Crippen molar-refractivity contribution >= 4 is 11.6 Å². The van der Waals surface area contributed by atoms with Gasteiger partial charge in [0, 0.05) is 18.2 Å². The molecule has 1 aromatic carbocycles. The Morgan fingerprint density at radius 1 is 1.35 bits per heavy atom. The topological polar surface area (TPSA) is 81.2 Å². The number of nitrogens with one attached hydrogen (secondary N) is 1. The molecule has 20 heavy (non-hydrogen) atoms. The smallest absolute Gasteiger partial charge is 0.293 e. The molecule has 0 aliphatic heterocycles. The van der Waals surface area contributed by atoms with Gasteiger partial charge in [-0.05, 0) is 31.2 Å². The van der Waals surface area contributed by atoms with Crippen LogP contribution in [0.25, 0.3) is 0 Å². The second kappa shape index (κ2) is 6.04. The molecule has 3 N–H and O–H groups in total. The Hall–Kier alpha value is -2.58. The molecule has 0 saturated heterocycles. The third-order valence-corrected chi connectivity index (χ3v) is 2.59.